The van der Waals surface area contributed by atoms with Crippen molar-refractivity contribution in [1.82, 2.24) is 10.2 Å². The summed E-state index contributed by atoms with van der Waals surface area (Å²) < 4.78 is 0. The van der Waals surface area contributed by atoms with Crippen molar-refractivity contribution in [3.8, 4) is 0 Å². The van der Waals surface area contributed by atoms with Crippen molar-refractivity contribution in [1.29, 1.82) is 0 Å². The molecule has 2 rings (SSSR count). The number of hydrogen-bond donors (Lipinski definition) is 2. The Balaban J connectivity index is 1.77. The predicted octanol–water partition coefficient (Wildman–Crippen LogP) is 1.35. The molecular weight excluding hydrogens is 238 g/mol. The number of likely N-dealkylation sites (tertiary alicyclic amines) is 1. The van der Waals surface area contributed by atoms with Crippen LogP contribution in [0, 0.1) is 11.8 Å². The summed E-state index contributed by atoms with van der Waals surface area (Å²) in [6.45, 7) is 5.17. The molecule has 0 aromatic carbocycles. The minimum absolute atomic E-state index is 0.00696. The van der Waals surface area contributed by atoms with Crippen LogP contribution in [-0.4, -0.2) is 43.0 Å². The van der Waals surface area contributed by atoms with Crippen LogP contribution in [0.15, 0.2) is 0 Å². The highest BCUT2D eigenvalue weighted by atomic mass is 16.1. The first kappa shape index (κ1) is 14.8. The van der Waals surface area contributed by atoms with Crippen LogP contribution in [0.5, 0.6) is 0 Å². The molecule has 2 aliphatic rings. The minimum Gasteiger partial charge on any atom is -0.356 e. The number of nitrogens with zero attached hydrogens (tertiary/aromatic N) is 1. The second-order valence-electron chi connectivity index (χ2n) is 6.80. The third kappa shape index (κ3) is 3.93. The van der Waals surface area contributed by atoms with Gasteiger partial charge >= 0.3 is 0 Å². The van der Waals surface area contributed by atoms with Crippen LogP contribution in [-0.2, 0) is 4.79 Å². The highest BCUT2D eigenvalue weighted by molar-refractivity contribution is 5.80. The maximum atomic E-state index is 12.3. The molecule has 1 aliphatic heterocycles. The topological polar surface area (TPSA) is 58.4 Å². The molecule has 2 unspecified atom stereocenters. The van der Waals surface area contributed by atoms with Crippen molar-refractivity contribution in [3.05, 3.63) is 0 Å². The largest absolute Gasteiger partial charge is 0.356 e. The first-order chi connectivity index (χ1) is 8.99. The Morgan fingerprint density at radius 3 is 2.63 bits per heavy atom. The van der Waals surface area contributed by atoms with E-state index in [1.54, 1.807) is 0 Å². The van der Waals surface area contributed by atoms with E-state index < -0.39 is 0 Å². The van der Waals surface area contributed by atoms with Gasteiger partial charge < -0.3 is 16.0 Å². The zero-order valence-electron chi connectivity index (χ0n) is 12.5. The summed E-state index contributed by atoms with van der Waals surface area (Å²) in [5, 5.41) is 3.16. The van der Waals surface area contributed by atoms with Crippen LogP contribution in [0.2, 0.25) is 0 Å². The zero-order valence-corrected chi connectivity index (χ0v) is 12.5. The molecule has 110 valence electrons. The average Bonchev–Trinajstić information content (AvgIpc) is 2.37. The van der Waals surface area contributed by atoms with Gasteiger partial charge in [0.15, 0.2) is 0 Å². The van der Waals surface area contributed by atoms with Crippen molar-refractivity contribution in [3.63, 3.8) is 0 Å². The van der Waals surface area contributed by atoms with Gasteiger partial charge in [0.25, 0.3) is 0 Å². The summed E-state index contributed by atoms with van der Waals surface area (Å²) in [4.78, 5) is 14.7. The van der Waals surface area contributed by atoms with Crippen molar-refractivity contribution >= 4 is 5.91 Å². The number of piperidine rings is 1. The van der Waals surface area contributed by atoms with Gasteiger partial charge in [-0.3, -0.25) is 4.79 Å². The number of nitrogens with two attached hydrogens (primary N) is 1. The molecule has 1 saturated carbocycles. The highest BCUT2D eigenvalue weighted by Gasteiger charge is 2.37. The monoisotopic (exact) mass is 267 g/mol. The van der Waals surface area contributed by atoms with E-state index in [0.29, 0.717) is 5.92 Å². The molecule has 0 radical (unpaired) electrons. The summed E-state index contributed by atoms with van der Waals surface area (Å²) in [5.74, 6) is 0.837. The zero-order chi connectivity index (χ0) is 13.9. The van der Waals surface area contributed by atoms with E-state index in [1.807, 2.05) is 6.92 Å². The van der Waals surface area contributed by atoms with E-state index in [2.05, 4.69) is 17.3 Å². The van der Waals surface area contributed by atoms with Gasteiger partial charge in [0, 0.05) is 12.1 Å². The minimum atomic E-state index is -0.310. The average molecular weight is 267 g/mol. The number of carbonyl (C=O) groups is 1. The molecule has 3 N–H and O–H groups in total. The molecule has 1 aliphatic carbocycles. The van der Waals surface area contributed by atoms with Crippen LogP contribution < -0.4 is 11.1 Å². The molecule has 1 heterocycles. The van der Waals surface area contributed by atoms with E-state index in [-0.39, 0.29) is 17.4 Å². The summed E-state index contributed by atoms with van der Waals surface area (Å²) >= 11 is 0. The number of hydrogen-bond acceptors (Lipinski definition) is 3. The summed E-state index contributed by atoms with van der Waals surface area (Å²) in [5.41, 5.74) is 5.97. The highest BCUT2D eigenvalue weighted by Crippen LogP contribution is 2.31. The maximum Gasteiger partial charge on any atom is 0.224 e. The second-order valence-corrected chi connectivity index (χ2v) is 6.80. The third-order valence-corrected chi connectivity index (χ3v) is 4.97. The Morgan fingerprint density at radius 1 is 1.32 bits per heavy atom. The Labute approximate surface area is 117 Å². The fourth-order valence-electron chi connectivity index (χ4n) is 3.42. The summed E-state index contributed by atoms with van der Waals surface area (Å²) in [6, 6.07) is 0. The fraction of sp³-hybridized carbons (Fsp3) is 0.933. The SMILES string of the molecule is CN1CCC(CNC(=O)C2CCCCC2(C)N)CC1. The van der Waals surface area contributed by atoms with Crippen molar-refractivity contribution in [2.24, 2.45) is 17.6 Å². The standard InChI is InChI=1S/C15H29N3O/c1-15(16)8-4-3-5-13(15)14(19)17-11-12-6-9-18(2)10-7-12/h12-13H,3-11,16H2,1-2H3,(H,17,19). The molecule has 1 saturated heterocycles. The first-order valence-electron chi connectivity index (χ1n) is 7.74. The van der Waals surface area contributed by atoms with Crippen molar-refractivity contribution in [2.45, 2.75) is 51.0 Å². The van der Waals surface area contributed by atoms with Gasteiger partial charge in [-0.15, -0.1) is 0 Å². The molecule has 19 heavy (non-hydrogen) atoms. The molecule has 4 heteroatoms. The van der Waals surface area contributed by atoms with Gasteiger partial charge in [0.1, 0.15) is 0 Å². The molecular formula is C15H29N3O. The Morgan fingerprint density at radius 2 is 2.00 bits per heavy atom. The van der Waals surface area contributed by atoms with Crippen LogP contribution >= 0.6 is 0 Å². The number of rotatable bonds is 3. The van der Waals surface area contributed by atoms with Gasteiger partial charge in [0.2, 0.25) is 5.91 Å². The van der Waals surface area contributed by atoms with Gasteiger partial charge in [-0.1, -0.05) is 12.8 Å². The lowest BCUT2D eigenvalue weighted by atomic mass is 9.74. The number of carbonyl (C=O) groups excluding carboxylic acids is 1. The predicted molar refractivity (Wildman–Crippen MR) is 77.8 cm³/mol. The van der Waals surface area contributed by atoms with E-state index in [4.69, 9.17) is 5.73 Å². The fourth-order valence-corrected chi connectivity index (χ4v) is 3.42. The Bertz CT molecular complexity index is 309. The Kier molecular flexibility index (Phi) is 4.85. The van der Waals surface area contributed by atoms with E-state index in [1.165, 1.54) is 12.8 Å². The number of nitrogens with one attached hydrogen (secondary N) is 1. The molecule has 1 amide bonds. The quantitative estimate of drug-likeness (QED) is 0.811. The lowest BCUT2D eigenvalue weighted by molar-refractivity contribution is -0.128. The van der Waals surface area contributed by atoms with E-state index in [0.717, 1.165) is 45.3 Å². The normalized spacial score (nSPS) is 34.2. The second kappa shape index (κ2) is 6.23. The van der Waals surface area contributed by atoms with Crippen molar-refractivity contribution in [2.75, 3.05) is 26.7 Å². The molecule has 0 aromatic rings. The molecule has 0 bridgehead atoms. The van der Waals surface area contributed by atoms with Gasteiger partial charge in [-0.05, 0) is 58.7 Å². The molecule has 4 nitrogen and oxygen atoms in total. The number of amides is 1. The van der Waals surface area contributed by atoms with Crippen LogP contribution in [0.1, 0.15) is 45.4 Å². The van der Waals surface area contributed by atoms with Gasteiger partial charge in [0.05, 0.1) is 5.92 Å². The summed E-state index contributed by atoms with van der Waals surface area (Å²) in [6.07, 6.45) is 6.61. The lowest BCUT2D eigenvalue weighted by Crippen LogP contribution is -2.53. The van der Waals surface area contributed by atoms with Crippen molar-refractivity contribution < 1.29 is 4.79 Å². The van der Waals surface area contributed by atoms with Crippen LogP contribution in [0.3, 0.4) is 0 Å². The molecule has 0 spiro atoms. The first-order valence-corrected chi connectivity index (χ1v) is 7.74. The van der Waals surface area contributed by atoms with E-state index in [9.17, 15) is 4.79 Å². The molecule has 2 atom stereocenters. The third-order valence-electron chi connectivity index (χ3n) is 4.97. The van der Waals surface area contributed by atoms with Gasteiger partial charge in [-0.25, -0.2) is 0 Å². The van der Waals surface area contributed by atoms with Crippen LogP contribution in [0.4, 0.5) is 0 Å². The summed E-state index contributed by atoms with van der Waals surface area (Å²) in [7, 11) is 2.16. The molecule has 2 fully saturated rings. The molecule has 0 aromatic heterocycles. The Hall–Kier alpha value is -0.610. The van der Waals surface area contributed by atoms with E-state index >= 15 is 0 Å². The maximum absolute atomic E-state index is 12.3. The smallest absolute Gasteiger partial charge is 0.224 e. The van der Waals surface area contributed by atoms with Gasteiger partial charge in [-0.2, -0.15) is 0 Å². The van der Waals surface area contributed by atoms with Crippen LogP contribution in [0.25, 0.3) is 0 Å². The lowest BCUT2D eigenvalue weighted by Gasteiger charge is -2.37.